The zero-order valence-electron chi connectivity index (χ0n) is 23.1. The van der Waals surface area contributed by atoms with Crippen LogP contribution in [0.25, 0.3) is 0 Å². The van der Waals surface area contributed by atoms with E-state index in [9.17, 15) is 14.4 Å². The fourth-order valence-corrected chi connectivity index (χ4v) is 5.63. The summed E-state index contributed by atoms with van der Waals surface area (Å²) in [7, 11) is 1.53. The highest BCUT2D eigenvalue weighted by atomic mass is 16.6. The third-order valence-electron chi connectivity index (χ3n) is 7.70. The van der Waals surface area contributed by atoms with Gasteiger partial charge in [-0.25, -0.2) is 9.59 Å². The molecule has 4 aromatic rings. The van der Waals surface area contributed by atoms with Crippen LogP contribution in [0.15, 0.2) is 97.5 Å². The quantitative estimate of drug-likeness (QED) is 0.295. The highest BCUT2D eigenvalue weighted by Gasteiger charge is 2.61. The van der Waals surface area contributed by atoms with Crippen molar-refractivity contribution < 1.29 is 23.9 Å². The average molecular weight is 564 g/mol. The number of benzene rings is 2. The van der Waals surface area contributed by atoms with Crippen LogP contribution in [0.4, 0.5) is 15.3 Å². The number of carbonyl (C=O) groups excluding carboxylic acids is 3. The van der Waals surface area contributed by atoms with E-state index in [4.69, 9.17) is 9.47 Å². The Morgan fingerprint density at radius 1 is 0.929 bits per heavy atom. The number of ether oxygens (including phenoxy) is 2. The molecule has 1 spiro atoms. The number of fused-ring (bicyclic) bond motifs is 2. The molecule has 4 amide bonds. The van der Waals surface area contributed by atoms with Crippen LogP contribution in [0.3, 0.4) is 0 Å². The van der Waals surface area contributed by atoms with Gasteiger partial charge in [0, 0.05) is 43.2 Å². The number of urea groups is 1. The fraction of sp³-hybridized carbons (Fsp3) is 0.219. The molecule has 6 rings (SSSR count). The molecule has 2 aliphatic heterocycles. The lowest BCUT2D eigenvalue weighted by molar-refractivity contribution is -0.134. The first-order chi connectivity index (χ1) is 20.5. The minimum absolute atomic E-state index is 0.0259. The van der Waals surface area contributed by atoms with Crippen molar-refractivity contribution in [3.05, 3.63) is 120 Å². The van der Waals surface area contributed by atoms with Crippen LogP contribution in [0.2, 0.25) is 0 Å². The number of carbonyl (C=O) groups is 3. The SMILES string of the molecule is COc1ccc2c(c1)N(C(=O)OCc1ccccc1)CCC21C(=O)N(Cc2ccccn2)C(=O)N1Cc1cccnc1. The van der Waals surface area contributed by atoms with Crippen molar-refractivity contribution >= 4 is 23.7 Å². The number of methoxy groups -OCH3 is 1. The lowest BCUT2D eigenvalue weighted by Crippen LogP contribution is -2.53. The number of amides is 4. The maximum atomic E-state index is 14.5. The fourth-order valence-electron chi connectivity index (χ4n) is 5.63. The molecule has 0 bridgehead atoms. The van der Waals surface area contributed by atoms with E-state index in [1.807, 2.05) is 42.5 Å². The summed E-state index contributed by atoms with van der Waals surface area (Å²) in [6.07, 6.45) is 4.59. The summed E-state index contributed by atoms with van der Waals surface area (Å²) in [5, 5.41) is 0. The van der Waals surface area contributed by atoms with E-state index >= 15 is 0 Å². The second kappa shape index (κ2) is 11.3. The number of aromatic nitrogens is 2. The molecule has 1 saturated heterocycles. The first-order valence-electron chi connectivity index (χ1n) is 13.6. The van der Waals surface area contributed by atoms with E-state index in [-0.39, 0.29) is 38.6 Å². The van der Waals surface area contributed by atoms with E-state index in [2.05, 4.69) is 9.97 Å². The Labute approximate surface area is 243 Å². The predicted molar refractivity (Wildman–Crippen MR) is 153 cm³/mol. The third kappa shape index (κ3) is 4.81. The van der Waals surface area contributed by atoms with Gasteiger partial charge in [0.2, 0.25) is 0 Å². The summed E-state index contributed by atoms with van der Waals surface area (Å²) in [6, 6.07) is 23.2. The number of hydrogen-bond donors (Lipinski definition) is 0. The molecule has 0 aliphatic carbocycles. The van der Waals surface area contributed by atoms with Crippen molar-refractivity contribution in [1.29, 1.82) is 0 Å². The third-order valence-corrected chi connectivity index (χ3v) is 7.70. The summed E-state index contributed by atoms with van der Waals surface area (Å²) < 4.78 is 11.2. The Morgan fingerprint density at radius 2 is 1.74 bits per heavy atom. The van der Waals surface area contributed by atoms with E-state index < -0.39 is 17.7 Å². The number of rotatable bonds is 7. The van der Waals surface area contributed by atoms with Gasteiger partial charge in [0.05, 0.1) is 31.6 Å². The molecule has 212 valence electrons. The lowest BCUT2D eigenvalue weighted by atomic mass is 9.80. The predicted octanol–water partition coefficient (Wildman–Crippen LogP) is 4.89. The van der Waals surface area contributed by atoms with Crippen molar-refractivity contribution in [1.82, 2.24) is 19.8 Å². The minimum Gasteiger partial charge on any atom is -0.497 e. The number of nitrogens with zero attached hydrogens (tertiary/aromatic N) is 5. The van der Waals surface area contributed by atoms with E-state index in [0.29, 0.717) is 22.7 Å². The van der Waals surface area contributed by atoms with Gasteiger partial charge in [0.25, 0.3) is 5.91 Å². The largest absolute Gasteiger partial charge is 0.497 e. The van der Waals surface area contributed by atoms with Crippen molar-refractivity contribution in [2.75, 3.05) is 18.6 Å². The molecule has 1 atom stereocenters. The average Bonchev–Trinajstić information content (AvgIpc) is 3.22. The molecular weight excluding hydrogens is 534 g/mol. The van der Waals surface area contributed by atoms with Gasteiger partial charge in [-0.1, -0.05) is 48.5 Å². The van der Waals surface area contributed by atoms with Gasteiger partial charge in [-0.05, 0) is 35.4 Å². The second-order valence-electron chi connectivity index (χ2n) is 10.1. The first-order valence-corrected chi connectivity index (χ1v) is 13.6. The molecule has 1 unspecified atom stereocenters. The maximum absolute atomic E-state index is 14.5. The van der Waals surface area contributed by atoms with Crippen LogP contribution in [0, 0.1) is 0 Å². The number of anilines is 1. The standard InChI is InChI=1S/C32H29N5O5/c1-41-26-12-13-27-28(18-26)35(31(40)42-22-23-8-3-2-4-9-23)17-14-32(27)29(38)36(21-25-11-5-6-16-34-25)30(39)37(32)20-24-10-7-15-33-19-24/h2-13,15-16,18-19H,14,17,20-22H2,1H3. The zero-order chi connectivity index (χ0) is 29.1. The Bertz CT molecular complexity index is 1600. The molecule has 10 nitrogen and oxygen atoms in total. The molecule has 10 heteroatoms. The Balaban J connectivity index is 1.41. The molecular formula is C32H29N5O5. The maximum Gasteiger partial charge on any atom is 0.414 e. The lowest BCUT2D eigenvalue weighted by Gasteiger charge is -2.43. The van der Waals surface area contributed by atoms with Crippen LogP contribution in [0.5, 0.6) is 5.75 Å². The van der Waals surface area contributed by atoms with Gasteiger partial charge in [0.15, 0.2) is 5.54 Å². The van der Waals surface area contributed by atoms with Crippen LogP contribution in [0.1, 0.15) is 28.8 Å². The second-order valence-corrected chi connectivity index (χ2v) is 10.1. The Morgan fingerprint density at radius 3 is 2.48 bits per heavy atom. The molecule has 0 N–H and O–H groups in total. The molecule has 42 heavy (non-hydrogen) atoms. The highest BCUT2D eigenvalue weighted by Crippen LogP contribution is 2.49. The summed E-state index contributed by atoms with van der Waals surface area (Å²) in [6.45, 7) is 0.427. The van der Waals surface area contributed by atoms with Gasteiger partial charge in [-0.2, -0.15) is 0 Å². The smallest absolute Gasteiger partial charge is 0.414 e. The van der Waals surface area contributed by atoms with Crippen molar-refractivity contribution in [2.45, 2.75) is 31.7 Å². The van der Waals surface area contributed by atoms with Crippen LogP contribution in [-0.4, -0.2) is 51.5 Å². The number of imide groups is 1. The molecule has 0 saturated carbocycles. The molecule has 4 heterocycles. The van der Waals surface area contributed by atoms with Crippen molar-refractivity contribution in [3.8, 4) is 5.75 Å². The zero-order valence-corrected chi connectivity index (χ0v) is 23.1. The molecule has 2 aliphatic rings. The Hall–Kier alpha value is -5.25. The van der Waals surface area contributed by atoms with Crippen molar-refractivity contribution in [3.63, 3.8) is 0 Å². The van der Waals surface area contributed by atoms with Gasteiger partial charge in [-0.3, -0.25) is 24.6 Å². The Kier molecular flexibility index (Phi) is 7.26. The van der Waals surface area contributed by atoms with Gasteiger partial charge >= 0.3 is 12.1 Å². The van der Waals surface area contributed by atoms with Crippen LogP contribution in [-0.2, 0) is 34.8 Å². The monoisotopic (exact) mass is 563 g/mol. The minimum atomic E-state index is -1.36. The van der Waals surface area contributed by atoms with Gasteiger partial charge in [0.1, 0.15) is 12.4 Å². The van der Waals surface area contributed by atoms with Crippen LogP contribution >= 0.6 is 0 Å². The van der Waals surface area contributed by atoms with E-state index in [1.54, 1.807) is 59.9 Å². The summed E-state index contributed by atoms with van der Waals surface area (Å²) in [5.74, 6) is 0.137. The highest BCUT2D eigenvalue weighted by molar-refractivity contribution is 6.09. The van der Waals surface area contributed by atoms with Gasteiger partial charge < -0.3 is 14.4 Å². The normalized spacial score (nSPS) is 17.9. The molecule has 0 radical (unpaired) electrons. The topological polar surface area (TPSA) is 105 Å². The molecule has 2 aromatic heterocycles. The summed E-state index contributed by atoms with van der Waals surface area (Å²) >= 11 is 0. The van der Waals surface area contributed by atoms with Crippen molar-refractivity contribution in [2.24, 2.45) is 0 Å². The number of hydrogen-bond acceptors (Lipinski definition) is 7. The van der Waals surface area contributed by atoms with Crippen LogP contribution < -0.4 is 9.64 Å². The first kappa shape index (κ1) is 26.9. The summed E-state index contributed by atoms with van der Waals surface area (Å²) in [4.78, 5) is 54.8. The van der Waals surface area contributed by atoms with E-state index in [1.165, 1.54) is 16.9 Å². The van der Waals surface area contributed by atoms with Gasteiger partial charge in [-0.15, -0.1) is 0 Å². The van der Waals surface area contributed by atoms with E-state index in [0.717, 1.165) is 11.1 Å². The summed E-state index contributed by atoms with van der Waals surface area (Å²) in [5.41, 5.74) is 1.84. The number of pyridine rings is 2. The molecule has 2 aromatic carbocycles. The molecule has 1 fully saturated rings.